The fraction of sp³-hybridized carbons (Fsp3) is 0.600. The third kappa shape index (κ3) is 2.88. The summed E-state index contributed by atoms with van der Waals surface area (Å²) >= 11 is 0. The number of rotatable bonds is 4. The lowest BCUT2D eigenvalue weighted by Crippen LogP contribution is -2.33. The molecule has 1 N–H and O–H groups in total. The van der Waals surface area contributed by atoms with Gasteiger partial charge in [0.1, 0.15) is 0 Å². The van der Waals surface area contributed by atoms with Gasteiger partial charge in [0.15, 0.2) is 0 Å². The highest BCUT2D eigenvalue weighted by atomic mass is 15.2. The van der Waals surface area contributed by atoms with Crippen molar-refractivity contribution in [1.29, 1.82) is 0 Å². The van der Waals surface area contributed by atoms with E-state index in [1.807, 2.05) is 0 Å². The van der Waals surface area contributed by atoms with E-state index in [9.17, 15) is 0 Å². The molecule has 0 spiro atoms. The molecule has 0 amide bonds. The smallest absolute Gasteiger partial charge is 0.0320 e. The Hall–Kier alpha value is -0.860. The van der Waals surface area contributed by atoms with Crippen LogP contribution in [0.4, 0.5) is 0 Å². The SMILES string of the molecule is CN[C@H](C)[C@@H]1CCN([C@H](C)c2ccccc2)C1. The highest BCUT2D eigenvalue weighted by Gasteiger charge is 2.29. The predicted octanol–water partition coefficient (Wildman–Crippen LogP) is 2.68. The Labute approximate surface area is 105 Å². The van der Waals surface area contributed by atoms with Crippen molar-refractivity contribution in [2.45, 2.75) is 32.4 Å². The molecule has 94 valence electrons. The summed E-state index contributed by atoms with van der Waals surface area (Å²) in [6.07, 6.45) is 1.32. The van der Waals surface area contributed by atoms with E-state index in [-0.39, 0.29) is 0 Å². The van der Waals surface area contributed by atoms with Gasteiger partial charge in [0.2, 0.25) is 0 Å². The molecule has 0 aromatic heterocycles. The zero-order valence-corrected chi connectivity index (χ0v) is 11.2. The van der Waals surface area contributed by atoms with E-state index in [0.29, 0.717) is 12.1 Å². The number of hydrogen-bond acceptors (Lipinski definition) is 2. The number of nitrogens with zero attached hydrogens (tertiary/aromatic N) is 1. The largest absolute Gasteiger partial charge is 0.317 e. The number of nitrogens with one attached hydrogen (secondary N) is 1. The van der Waals surface area contributed by atoms with Gasteiger partial charge in [0.25, 0.3) is 0 Å². The molecule has 2 nitrogen and oxygen atoms in total. The van der Waals surface area contributed by atoms with Crippen LogP contribution in [0.1, 0.15) is 31.9 Å². The van der Waals surface area contributed by atoms with Gasteiger partial charge in [-0.05, 0) is 45.3 Å². The van der Waals surface area contributed by atoms with Gasteiger partial charge in [-0.2, -0.15) is 0 Å². The highest BCUT2D eigenvalue weighted by Crippen LogP contribution is 2.28. The Kier molecular flexibility index (Phi) is 4.19. The quantitative estimate of drug-likeness (QED) is 0.858. The van der Waals surface area contributed by atoms with E-state index in [2.05, 4.69) is 61.4 Å². The van der Waals surface area contributed by atoms with Gasteiger partial charge in [-0.1, -0.05) is 30.3 Å². The van der Waals surface area contributed by atoms with Gasteiger partial charge in [0, 0.05) is 18.6 Å². The molecule has 0 bridgehead atoms. The molecule has 0 unspecified atom stereocenters. The summed E-state index contributed by atoms with van der Waals surface area (Å²) in [5.41, 5.74) is 1.44. The second-order valence-corrected chi connectivity index (χ2v) is 5.21. The third-order valence-electron chi connectivity index (χ3n) is 4.25. The lowest BCUT2D eigenvalue weighted by Gasteiger charge is -2.26. The van der Waals surface area contributed by atoms with E-state index < -0.39 is 0 Å². The molecule has 17 heavy (non-hydrogen) atoms. The first-order valence-electron chi connectivity index (χ1n) is 6.68. The van der Waals surface area contributed by atoms with Crippen molar-refractivity contribution in [3.8, 4) is 0 Å². The minimum Gasteiger partial charge on any atom is -0.317 e. The monoisotopic (exact) mass is 232 g/mol. The molecule has 0 saturated carbocycles. The van der Waals surface area contributed by atoms with Crippen molar-refractivity contribution < 1.29 is 0 Å². The van der Waals surface area contributed by atoms with Crippen LogP contribution in [0.2, 0.25) is 0 Å². The summed E-state index contributed by atoms with van der Waals surface area (Å²) in [5.74, 6) is 0.797. The van der Waals surface area contributed by atoms with Gasteiger partial charge in [0.05, 0.1) is 0 Å². The van der Waals surface area contributed by atoms with Crippen molar-refractivity contribution in [1.82, 2.24) is 10.2 Å². The molecule has 1 fully saturated rings. The van der Waals surface area contributed by atoms with Crippen LogP contribution < -0.4 is 5.32 Å². The fourth-order valence-corrected chi connectivity index (χ4v) is 2.75. The zero-order valence-electron chi connectivity index (χ0n) is 11.2. The molecule has 1 aromatic carbocycles. The molecular weight excluding hydrogens is 208 g/mol. The molecular formula is C15H24N2. The van der Waals surface area contributed by atoms with Gasteiger partial charge >= 0.3 is 0 Å². The van der Waals surface area contributed by atoms with Crippen LogP contribution in [0, 0.1) is 5.92 Å². The minimum absolute atomic E-state index is 0.547. The molecule has 1 aliphatic rings. The molecule has 1 aromatic rings. The maximum Gasteiger partial charge on any atom is 0.0320 e. The number of benzene rings is 1. The van der Waals surface area contributed by atoms with Crippen LogP contribution in [-0.2, 0) is 0 Å². The first kappa shape index (κ1) is 12.6. The average Bonchev–Trinajstić information content (AvgIpc) is 2.87. The molecule has 0 aliphatic carbocycles. The van der Waals surface area contributed by atoms with Crippen LogP contribution in [-0.4, -0.2) is 31.1 Å². The van der Waals surface area contributed by atoms with E-state index in [4.69, 9.17) is 0 Å². The Morgan fingerprint density at radius 1 is 1.24 bits per heavy atom. The summed E-state index contributed by atoms with van der Waals surface area (Å²) in [7, 11) is 2.06. The number of hydrogen-bond donors (Lipinski definition) is 1. The van der Waals surface area contributed by atoms with E-state index in [1.54, 1.807) is 0 Å². The van der Waals surface area contributed by atoms with Crippen LogP contribution in [0.15, 0.2) is 30.3 Å². The summed E-state index contributed by atoms with van der Waals surface area (Å²) in [5, 5.41) is 3.38. The van der Waals surface area contributed by atoms with Gasteiger partial charge < -0.3 is 5.32 Å². The van der Waals surface area contributed by atoms with E-state index in [1.165, 1.54) is 25.1 Å². The summed E-state index contributed by atoms with van der Waals surface area (Å²) in [6.45, 7) is 7.06. The van der Waals surface area contributed by atoms with Crippen LogP contribution in [0.5, 0.6) is 0 Å². The van der Waals surface area contributed by atoms with Crippen LogP contribution in [0.25, 0.3) is 0 Å². The first-order chi connectivity index (χ1) is 8.22. The van der Waals surface area contributed by atoms with E-state index in [0.717, 1.165) is 5.92 Å². The topological polar surface area (TPSA) is 15.3 Å². The Balaban J connectivity index is 1.97. The van der Waals surface area contributed by atoms with Gasteiger partial charge in [-0.3, -0.25) is 4.90 Å². The second kappa shape index (κ2) is 5.65. The van der Waals surface area contributed by atoms with Gasteiger partial charge in [-0.15, -0.1) is 0 Å². The number of likely N-dealkylation sites (tertiary alicyclic amines) is 1. The molecule has 3 atom stereocenters. The zero-order chi connectivity index (χ0) is 12.3. The Morgan fingerprint density at radius 2 is 1.94 bits per heavy atom. The Bertz CT molecular complexity index is 336. The van der Waals surface area contributed by atoms with Crippen molar-refractivity contribution in [2.24, 2.45) is 5.92 Å². The van der Waals surface area contributed by atoms with Crippen molar-refractivity contribution in [3.05, 3.63) is 35.9 Å². The van der Waals surface area contributed by atoms with Crippen molar-refractivity contribution >= 4 is 0 Å². The minimum atomic E-state index is 0.547. The van der Waals surface area contributed by atoms with Crippen LogP contribution in [0.3, 0.4) is 0 Å². The molecule has 2 rings (SSSR count). The fourth-order valence-electron chi connectivity index (χ4n) is 2.75. The molecule has 1 saturated heterocycles. The average molecular weight is 232 g/mol. The first-order valence-corrected chi connectivity index (χ1v) is 6.68. The van der Waals surface area contributed by atoms with Gasteiger partial charge in [-0.25, -0.2) is 0 Å². The molecule has 1 heterocycles. The lowest BCUT2D eigenvalue weighted by molar-refractivity contribution is 0.244. The lowest BCUT2D eigenvalue weighted by atomic mass is 10.0. The second-order valence-electron chi connectivity index (χ2n) is 5.21. The van der Waals surface area contributed by atoms with E-state index >= 15 is 0 Å². The summed E-state index contributed by atoms with van der Waals surface area (Å²) in [4.78, 5) is 2.60. The predicted molar refractivity (Wildman–Crippen MR) is 73.1 cm³/mol. The van der Waals surface area contributed by atoms with Crippen molar-refractivity contribution in [2.75, 3.05) is 20.1 Å². The molecule has 2 heteroatoms. The maximum absolute atomic E-state index is 3.38. The van der Waals surface area contributed by atoms with Crippen molar-refractivity contribution in [3.63, 3.8) is 0 Å². The molecule has 1 aliphatic heterocycles. The summed E-state index contributed by atoms with van der Waals surface area (Å²) in [6, 6.07) is 12.0. The highest BCUT2D eigenvalue weighted by molar-refractivity contribution is 5.18. The maximum atomic E-state index is 3.38. The summed E-state index contributed by atoms with van der Waals surface area (Å²) < 4.78 is 0. The molecule has 0 radical (unpaired) electrons. The Morgan fingerprint density at radius 3 is 2.59 bits per heavy atom. The standard InChI is InChI=1S/C15H24N2/c1-12(16-3)15-9-10-17(11-15)13(2)14-7-5-4-6-8-14/h4-8,12-13,15-16H,9-11H2,1-3H3/t12-,13-,15-/m1/s1. The van der Waals surface area contributed by atoms with Crippen LogP contribution >= 0.6 is 0 Å². The third-order valence-corrected chi connectivity index (χ3v) is 4.25. The normalized spacial score (nSPS) is 24.8.